The average molecular weight is 221 g/mol. The maximum absolute atomic E-state index is 4.41. The number of nitrogens with zero attached hydrogens (tertiary/aromatic N) is 2. The summed E-state index contributed by atoms with van der Waals surface area (Å²) in [6.45, 7) is 8.47. The molecule has 16 heavy (non-hydrogen) atoms. The Balaban J connectivity index is 2.30. The lowest BCUT2D eigenvalue weighted by Crippen LogP contribution is -2.32. The molecule has 0 saturated heterocycles. The van der Waals surface area contributed by atoms with Crippen LogP contribution >= 0.6 is 0 Å². The molecule has 1 N–H and O–H groups in total. The average Bonchev–Trinajstić information content (AvgIpc) is 2.28. The SMILES string of the molecule is CCC(C)N(C)CCNc1cccc(C)n1. The summed E-state index contributed by atoms with van der Waals surface area (Å²) < 4.78 is 0. The molecule has 0 spiro atoms. The van der Waals surface area contributed by atoms with Gasteiger partial charge in [0.2, 0.25) is 0 Å². The summed E-state index contributed by atoms with van der Waals surface area (Å²) >= 11 is 0. The van der Waals surface area contributed by atoms with E-state index in [1.54, 1.807) is 0 Å². The van der Waals surface area contributed by atoms with Gasteiger partial charge in [0.1, 0.15) is 5.82 Å². The van der Waals surface area contributed by atoms with Crippen LogP contribution in [0.15, 0.2) is 18.2 Å². The smallest absolute Gasteiger partial charge is 0.126 e. The van der Waals surface area contributed by atoms with Gasteiger partial charge in [-0.3, -0.25) is 0 Å². The van der Waals surface area contributed by atoms with Crippen molar-refractivity contribution in [3.8, 4) is 0 Å². The van der Waals surface area contributed by atoms with Gasteiger partial charge in [0.25, 0.3) is 0 Å². The molecule has 0 saturated carbocycles. The number of anilines is 1. The van der Waals surface area contributed by atoms with Crippen molar-refractivity contribution in [2.45, 2.75) is 33.2 Å². The van der Waals surface area contributed by atoms with Gasteiger partial charge in [-0.1, -0.05) is 13.0 Å². The molecule has 1 unspecified atom stereocenters. The van der Waals surface area contributed by atoms with Crippen molar-refractivity contribution < 1.29 is 0 Å². The Labute approximate surface area is 98.9 Å². The van der Waals surface area contributed by atoms with Crippen LogP contribution in [-0.2, 0) is 0 Å². The summed E-state index contributed by atoms with van der Waals surface area (Å²) in [6.07, 6.45) is 1.19. The van der Waals surface area contributed by atoms with Gasteiger partial charge >= 0.3 is 0 Å². The molecule has 1 rings (SSSR count). The molecule has 3 nitrogen and oxygen atoms in total. The van der Waals surface area contributed by atoms with Crippen LogP contribution in [0.25, 0.3) is 0 Å². The van der Waals surface area contributed by atoms with E-state index in [-0.39, 0.29) is 0 Å². The predicted octanol–water partition coefficient (Wildman–Crippen LogP) is 2.53. The van der Waals surface area contributed by atoms with Crippen molar-refractivity contribution >= 4 is 5.82 Å². The highest BCUT2D eigenvalue weighted by atomic mass is 15.1. The molecule has 0 bridgehead atoms. The Morgan fingerprint density at radius 2 is 2.19 bits per heavy atom. The fourth-order valence-electron chi connectivity index (χ4n) is 1.53. The Kier molecular flexibility index (Phi) is 5.26. The van der Waals surface area contributed by atoms with Crippen molar-refractivity contribution in [3.63, 3.8) is 0 Å². The highest BCUT2D eigenvalue weighted by Crippen LogP contribution is 2.04. The van der Waals surface area contributed by atoms with E-state index >= 15 is 0 Å². The molecule has 0 aliphatic heterocycles. The highest BCUT2D eigenvalue weighted by Gasteiger charge is 2.05. The third-order valence-corrected chi connectivity index (χ3v) is 3.00. The third-order valence-electron chi connectivity index (χ3n) is 3.00. The van der Waals surface area contributed by atoms with Gasteiger partial charge in [0.15, 0.2) is 0 Å². The number of hydrogen-bond donors (Lipinski definition) is 1. The van der Waals surface area contributed by atoms with Crippen LogP contribution in [0.3, 0.4) is 0 Å². The minimum atomic E-state index is 0.646. The molecule has 0 aliphatic rings. The molecule has 0 radical (unpaired) electrons. The van der Waals surface area contributed by atoms with Crippen LogP contribution in [-0.4, -0.2) is 36.1 Å². The highest BCUT2D eigenvalue weighted by molar-refractivity contribution is 5.34. The second-order valence-corrected chi connectivity index (χ2v) is 4.33. The van der Waals surface area contributed by atoms with Crippen molar-refractivity contribution in [1.82, 2.24) is 9.88 Å². The minimum Gasteiger partial charge on any atom is -0.369 e. The van der Waals surface area contributed by atoms with Gasteiger partial charge in [-0.15, -0.1) is 0 Å². The van der Waals surface area contributed by atoms with Gasteiger partial charge < -0.3 is 10.2 Å². The Bertz CT molecular complexity index is 312. The number of aromatic nitrogens is 1. The lowest BCUT2D eigenvalue weighted by atomic mass is 10.2. The molecule has 0 amide bonds. The van der Waals surface area contributed by atoms with Gasteiger partial charge in [-0.05, 0) is 39.4 Å². The fourth-order valence-corrected chi connectivity index (χ4v) is 1.53. The summed E-state index contributed by atoms with van der Waals surface area (Å²) in [5.74, 6) is 0.970. The largest absolute Gasteiger partial charge is 0.369 e. The molecule has 1 heterocycles. The first-order valence-electron chi connectivity index (χ1n) is 6.01. The Hall–Kier alpha value is -1.09. The zero-order valence-corrected chi connectivity index (χ0v) is 10.8. The molecule has 1 aromatic rings. The summed E-state index contributed by atoms with van der Waals surface area (Å²) in [6, 6.07) is 6.70. The summed E-state index contributed by atoms with van der Waals surface area (Å²) in [5.41, 5.74) is 1.06. The fraction of sp³-hybridized carbons (Fsp3) is 0.615. The summed E-state index contributed by atoms with van der Waals surface area (Å²) in [4.78, 5) is 6.77. The zero-order valence-electron chi connectivity index (χ0n) is 10.8. The molecule has 1 aromatic heterocycles. The molecule has 0 aliphatic carbocycles. The minimum absolute atomic E-state index is 0.646. The van der Waals surface area contributed by atoms with E-state index in [0.29, 0.717) is 6.04 Å². The number of pyridine rings is 1. The van der Waals surface area contributed by atoms with Crippen LogP contribution < -0.4 is 5.32 Å². The van der Waals surface area contributed by atoms with Crippen molar-refractivity contribution in [2.24, 2.45) is 0 Å². The lowest BCUT2D eigenvalue weighted by Gasteiger charge is -2.23. The van der Waals surface area contributed by atoms with E-state index in [4.69, 9.17) is 0 Å². The van der Waals surface area contributed by atoms with E-state index in [1.165, 1.54) is 6.42 Å². The first-order chi connectivity index (χ1) is 7.63. The standard InChI is InChI=1S/C13H23N3/c1-5-12(3)16(4)10-9-14-13-8-6-7-11(2)15-13/h6-8,12H,5,9-10H2,1-4H3,(H,14,15). The molecular formula is C13H23N3. The Morgan fingerprint density at radius 3 is 2.81 bits per heavy atom. The third kappa shape index (κ3) is 4.19. The van der Waals surface area contributed by atoms with Gasteiger partial charge in [0.05, 0.1) is 0 Å². The van der Waals surface area contributed by atoms with Crippen LogP contribution in [0.5, 0.6) is 0 Å². The lowest BCUT2D eigenvalue weighted by molar-refractivity contribution is 0.261. The van der Waals surface area contributed by atoms with E-state index in [2.05, 4.69) is 36.1 Å². The summed E-state index contributed by atoms with van der Waals surface area (Å²) in [5, 5.41) is 3.34. The van der Waals surface area contributed by atoms with Gasteiger partial charge in [-0.25, -0.2) is 4.98 Å². The molecular weight excluding hydrogens is 198 g/mol. The van der Waals surface area contributed by atoms with E-state index in [1.807, 2.05) is 25.1 Å². The maximum Gasteiger partial charge on any atom is 0.126 e. The second kappa shape index (κ2) is 6.48. The normalized spacial score (nSPS) is 12.8. The van der Waals surface area contributed by atoms with Gasteiger partial charge in [0, 0.05) is 24.8 Å². The van der Waals surface area contributed by atoms with Gasteiger partial charge in [-0.2, -0.15) is 0 Å². The Morgan fingerprint density at radius 1 is 1.44 bits per heavy atom. The van der Waals surface area contributed by atoms with Crippen molar-refractivity contribution in [3.05, 3.63) is 23.9 Å². The quantitative estimate of drug-likeness (QED) is 0.800. The topological polar surface area (TPSA) is 28.2 Å². The second-order valence-electron chi connectivity index (χ2n) is 4.33. The molecule has 90 valence electrons. The summed E-state index contributed by atoms with van der Waals surface area (Å²) in [7, 11) is 2.17. The van der Waals surface area contributed by atoms with Crippen LogP contribution in [0.1, 0.15) is 26.0 Å². The molecule has 3 heteroatoms. The van der Waals surface area contributed by atoms with Crippen LogP contribution in [0, 0.1) is 6.92 Å². The zero-order chi connectivity index (χ0) is 12.0. The van der Waals surface area contributed by atoms with Crippen LogP contribution in [0.4, 0.5) is 5.82 Å². The number of aryl methyl sites for hydroxylation is 1. The van der Waals surface area contributed by atoms with Crippen molar-refractivity contribution in [1.29, 1.82) is 0 Å². The van der Waals surface area contributed by atoms with Crippen molar-refractivity contribution in [2.75, 3.05) is 25.5 Å². The number of likely N-dealkylation sites (N-methyl/N-ethyl adjacent to an activating group) is 1. The number of rotatable bonds is 6. The monoisotopic (exact) mass is 221 g/mol. The van der Waals surface area contributed by atoms with E-state index in [0.717, 1.165) is 24.6 Å². The van der Waals surface area contributed by atoms with E-state index in [9.17, 15) is 0 Å². The molecule has 0 aromatic carbocycles. The molecule has 0 fully saturated rings. The number of nitrogens with one attached hydrogen (secondary N) is 1. The first-order valence-corrected chi connectivity index (χ1v) is 6.01. The number of hydrogen-bond acceptors (Lipinski definition) is 3. The first kappa shape index (κ1) is 13.0. The van der Waals surface area contributed by atoms with Crippen LogP contribution in [0.2, 0.25) is 0 Å². The maximum atomic E-state index is 4.41. The molecule has 1 atom stereocenters. The predicted molar refractivity (Wildman–Crippen MR) is 69.8 cm³/mol. The van der Waals surface area contributed by atoms with E-state index < -0.39 is 0 Å².